The van der Waals surface area contributed by atoms with Crippen LogP contribution in [0, 0.1) is 11.3 Å². The van der Waals surface area contributed by atoms with Gasteiger partial charge in [-0.15, -0.1) is 0 Å². The van der Waals surface area contributed by atoms with Crippen molar-refractivity contribution in [2.75, 3.05) is 5.32 Å². The van der Waals surface area contributed by atoms with Crippen molar-refractivity contribution in [2.45, 2.75) is 19.5 Å². The number of amides is 1. The molecule has 0 saturated carbocycles. The molecule has 10 heteroatoms. The lowest BCUT2D eigenvalue weighted by Gasteiger charge is -2.17. The van der Waals surface area contributed by atoms with Gasteiger partial charge in [0.2, 0.25) is 5.43 Å². The number of para-hydroxylation sites is 1. The molecule has 1 amide bonds. The van der Waals surface area contributed by atoms with Crippen molar-refractivity contribution in [1.29, 1.82) is 5.41 Å². The fraction of sp³-hybridized carbons (Fsp3) is 0.182. The van der Waals surface area contributed by atoms with Crippen LogP contribution in [0.5, 0.6) is 0 Å². The summed E-state index contributed by atoms with van der Waals surface area (Å²) < 4.78 is 41.0. The quantitative estimate of drug-likeness (QED) is 0.423. The highest BCUT2D eigenvalue weighted by molar-refractivity contribution is 6.10. The third-order valence-electron chi connectivity index (χ3n) is 4.97. The first-order valence-corrected chi connectivity index (χ1v) is 9.49. The van der Waals surface area contributed by atoms with Gasteiger partial charge in [-0.05, 0) is 36.2 Å². The Morgan fingerprint density at radius 2 is 1.88 bits per heavy atom. The lowest BCUT2D eigenvalue weighted by Crippen LogP contribution is -2.25. The Bertz CT molecular complexity index is 1280. The van der Waals surface area contributed by atoms with E-state index >= 15 is 0 Å². The molecule has 0 aliphatic carbocycles. The third-order valence-corrected chi connectivity index (χ3v) is 4.97. The first-order chi connectivity index (χ1) is 15.0. The minimum Gasteiger partial charge on any atom is -0.481 e. The molecular formula is C22H18F3N3O4. The maximum absolute atomic E-state index is 13.7. The van der Waals surface area contributed by atoms with Crippen LogP contribution in [0.1, 0.15) is 34.8 Å². The summed E-state index contributed by atoms with van der Waals surface area (Å²) in [5.41, 5.74) is -3.12. The number of benzene rings is 2. The molecule has 32 heavy (non-hydrogen) atoms. The van der Waals surface area contributed by atoms with E-state index in [0.717, 1.165) is 18.3 Å². The average molecular weight is 445 g/mol. The van der Waals surface area contributed by atoms with E-state index in [9.17, 15) is 32.7 Å². The Kier molecular flexibility index (Phi) is 6.15. The van der Waals surface area contributed by atoms with Gasteiger partial charge in [0, 0.05) is 17.1 Å². The summed E-state index contributed by atoms with van der Waals surface area (Å²) in [6.07, 6.45) is -3.76. The number of hydrogen-bond donors (Lipinski definition) is 4. The highest BCUT2D eigenvalue weighted by Crippen LogP contribution is 2.36. The van der Waals surface area contributed by atoms with Gasteiger partial charge in [-0.25, -0.2) is 0 Å². The van der Waals surface area contributed by atoms with E-state index < -0.39 is 46.4 Å². The molecule has 0 unspecified atom stereocenters. The van der Waals surface area contributed by atoms with Crippen molar-refractivity contribution in [3.8, 4) is 0 Å². The molecule has 7 nitrogen and oxygen atoms in total. The van der Waals surface area contributed by atoms with Crippen LogP contribution < -0.4 is 10.7 Å². The van der Waals surface area contributed by atoms with Gasteiger partial charge in [-0.2, -0.15) is 13.2 Å². The summed E-state index contributed by atoms with van der Waals surface area (Å²) in [4.78, 5) is 39.2. The van der Waals surface area contributed by atoms with Crippen LogP contribution in [0.3, 0.4) is 0 Å². The molecule has 4 N–H and O–H groups in total. The number of carboxylic acids is 1. The minimum atomic E-state index is -4.90. The Balaban J connectivity index is 2.00. The Morgan fingerprint density at radius 1 is 1.19 bits per heavy atom. The molecule has 1 atom stereocenters. The van der Waals surface area contributed by atoms with E-state index in [4.69, 9.17) is 5.41 Å². The van der Waals surface area contributed by atoms with Gasteiger partial charge in [0.1, 0.15) is 5.56 Å². The summed E-state index contributed by atoms with van der Waals surface area (Å²) >= 11 is 0. The monoisotopic (exact) mass is 445 g/mol. The number of anilines is 1. The Labute approximate surface area is 179 Å². The van der Waals surface area contributed by atoms with Gasteiger partial charge in [-0.1, -0.05) is 25.1 Å². The first-order valence-electron chi connectivity index (χ1n) is 9.49. The van der Waals surface area contributed by atoms with Gasteiger partial charge < -0.3 is 20.8 Å². The van der Waals surface area contributed by atoms with Crippen molar-refractivity contribution in [2.24, 2.45) is 5.92 Å². The van der Waals surface area contributed by atoms with Gasteiger partial charge in [-0.3, -0.25) is 14.4 Å². The summed E-state index contributed by atoms with van der Waals surface area (Å²) in [6.45, 7) is 1.51. The zero-order valence-corrected chi connectivity index (χ0v) is 16.7. The topological polar surface area (TPSA) is 123 Å². The molecule has 0 saturated heterocycles. The van der Waals surface area contributed by atoms with Crippen molar-refractivity contribution < 1.29 is 27.9 Å². The number of aliphatic carboxylic acids is 1. The van der Waals surface area contributed by atoms with Crippen molar-refractivity contribution in [1.82, 2.24) is 4.98 Å². The minimum absolute atomic E-state index is 0.0265. The summed E-state index contributed by atoms with van der Waals surface area (Å²) in [5, 5.41) is 19.5. The summed E-state index contributed by atoms with van der Waals surface area (Å²) in [5.74, 6) is -3.63. The van der Waals surface area contributed by atoms with Gasteiger partial charge >= 0.3 is 12.1 Å². The van der Waals surface area contributed by atoms with E-state index in [1.54, 1.807) is 18.2 Å². The number of carbonyl (C=O) groups excluding carboxylic acids is 1. The maximum Gasteiger partial charge on any atom is 0.418 e. The van der Waals surface area contributed by atoms with Crippen LogP contribution in [0.25, 0.3) is 10.9 Å². The van der Waals surface area contributed by atoms with E-state index in [-0.39, 0.29) is 22.9 Å². The fourth-order valence-corrected chi connectivity index (χ4v) is 3.28. The Hall–Kier alpha value is -3.95. The molecule has 0 fully saturated rings. The number of nitrogens with one attached hydrogen (secondary N) is 3. The number of carboxylic acid groups (broad SMARTS) is 1. The highest BCUT2D eigenvalue weighted by Gasteiger charge is 2.35. The molecule has 1 heterocycles. The number of alkyl halides is 3. The second-order valence-corrected chi connectivity index (χ2v) is 7.00. The molecule has 0 aliphatic rings. The van der Waals surface area contributed by atoms with Gasteiger partial charge in [0.05, 0.1) is 22.9 Å². The van der Waals surface area contributed by atoms with Crippen LogP contribution >= 0.6 is 0 Å². The molecule has 1 aromatic heterocycles. The summed E-state index contributed by atoms with van der Waals surface area (Å²) in [7, 11) is 0. The molecule has 2 aromatic carbocycles. The SMILES string of the molecule is CC[C@@H](C(=N)c1ccc(NC(=O)c2c[nH]c3ccccc3c2=O)c(C(F)(F)F)c1)C(=O)O. The van der Waals surface area contributed by atoms with Crippen molar-refractivity contribution >= 4 is 34.2 Å². The smallest absolute Gasteiger partial charge is 0.418 e. The molecular weight excluding hydrogens is 427 g/mol. The van der Waals surface area contributed by atoms with Crippen LogP contribution in [-0.4, -0.2) is 27.7 Å². The number of pyridine rings is 1. The molecule has 0 spiro atoms. The molecule has 166 valence electrons. The lowest BCUT2D eigenvalue weighted by molar-refractivity contribution is -0.139. The number of carbonyl (C=O) groups is 2. The largest absolute Gasteiger partial charge is 0.481 e. The predicted molar refractivity (Wildman–Crippen MR) is 112 cm³/mol. The molecule has 0 radical (unpaired) electrons. The van der Waals surface area contributed by atoms with E-state index in [1.807, 2.05) is 0 Å². The third kappa shape index (κ3) is 4.39. The molecule has 3 aromatic rings. The van der Waals surface area contributed by atoms with Crippen LogP contribution in [-0.2, 0) is 11.0 Å². The first kappa shape index (κ1) is 22.7. The zero-order valence-electron chi connectivity index (χ0n) is 16.7. The van der Waals surface area contributed by atoms with Crippen LogP contribution in [0.2, 0.25) is 0 Å². The van der Waals surface area contributed by atoms with E-state index in [2.05, 4.69) is 10.3 Å². The average Bonchev–Trinajstić information content (AvgIpc) is 2.73. The second kappa shape index (κ2) is 8.66. The van der Waals surface area contributed by atoms with Crippen molar-refractivity contribution in [3.63, 3.8) is 0 Å². The second-order valence-electron chi connectivity index (χ2n) is 7.00. The number of H-pyrrole nitrogens is 1. The zero-order chi connectivity index (χ0) is 23.6. The number of hydrogen-bond acceptors (Lipinski definition) is 4. The fourth-order valence-electron chi connectivity index (χ4n) is 3.28. The van der Waals surface area contributed by atoms with E-state index in [0.29, 0.717) is 11.6 Å². The Morgan fingerprint density at radius 3 is 2.50 bits per heavy atom. The number of rotatable bonds is 6. The lowest BCUT2D eigenvalue weighted by atomic mass is 9.93. The van der Waals surface area contributed by atoms with Gasteiger partial charge in [0.25, 0.3) is 5.91 Å². The number of fused-ring (bicyclic) bond motifs is 1. The summed E-state index contributed by atoms with van der Waals surface area (Å²) in [6, 6.07) is 9.06. The normalized spacial score (nSPS) is 12.4. The van der Waals surface area contributed by atoms with Crippen LogP contribution in [0.15, 0.2) is 53.5 Å². The highest BCUT2D eigenvalue weighted by atomic mass is 19.4. The van der Waals surface area contributed by atoms with Crippen molar-refractivity contribution in [3.05, 3.63) is 75.6 Å². The number of halogens is 3. The maximum atomic E-state index is 13.7. The predicted octanol–water partition coefficient (Wildman–Crippen LogP) is 4.28. The molecule has 3 rings (SSSR count). The van der Waals surface area contributed by atoms with E-state index in [1.165, 1.54) is 13.0 Å². The van der Waals surface area contributed by atoms with Gasteiger partial charge in [0.15, 0.2) is 0 Å². The number of aromatic nitrogens is 1. The molecule has 0 aliphatic heterocycles. The molecule has 0 bridgehead atoms. The number of aromatic amines is 1. The standard InChI is InChI=1S/C22H18F3N3O4/c1-2-12(21(31)32)18(26)11-7-8-17(15(9-11)22(23,24)25)28-20(30)14-10-27-16-6-4-3-5-13(16)19(14)29/h3-10,12,26H,2H2,1H3,(H,27,29)(H,28,30)(H,31,32)/t12-/m0/s1. The van der Waals surface area contributed by atoms with Crippen LogP contribution in [0.4, 0.5) is 18.9 Å².